The second-order valence-electron chi connectivity index (χ2n) is 8.76. The van der Waals surface area contributed by atoms with E-state index in [9.17, 15) is 9.90 Å². The summed E-state index contributed by atoms with van der Waals surface area (Å²) in [5, 5.41) is 10.8. The zero-order chi connectivity index (χ0) is 19.6. The van der Waals surface area contributed by atoms with Gasteiger partial charge in [0, 0.05) is 11.5 Å². The molecular weight excluding hydrogens is 336 g/mol. The first-order chi connectivity index (χ1) is 12.8. The van der Waals surface area contributed by atoms with Crippen LogP contribution in [0, 0.1) is 23.2 Å². The second-order valence-corrected chi connectivity index (χ2v) is 8.76. The molecule has 0 amide bonds. The van der Waals surface area contributed by atoms with Gasteiger partial charge in [-0.25, -0.2) is 4.79 Å². The van der Waals surface area contributed by atoms with Crippen molar-refractivity contribution < 1.29 is 14.6 Å². The maximum Gasteiger partial charge on any atom is 0.331 e. The molecule has 1 saturated carbocycles. The van der Waals surface area contributed by atoms with Gasteiger partial charge < -0.3 is 9.84 Å². The van der Waals surface area contributed by atoms with E-state index in [2.05, 4.69) is 33.8 Å². The van der Waals surface area contributed by atoms with Crippen molar-refractivity contribution in [3.8, 4) is 0 Å². The highest BCUT2D eigenvalue weighted by molar-refractivity contribution is 5.87. The number of hydrogen-bond donors (Lipinski definition) is 1. The lowest BCUT2D eigenvalue weighted by molar-refractivity contribution is -0.174. The molecule has 2 aliphatic carbocycles. The largest absolute Gasteiger partial charge is 0.458 e. The quantitative estimate of drug-likeness (QED) is 0.461. The molecule has 27 heavy (non-hydrogen) atoms. The highest BCUT2D eigenvalue weighted by Crippen LogP contribution is 2.54. The molecule has 0 saturated heterocycles. The fraction of sp³-hybridized carbons (Fsp3) is 0.542. The number of carbonyl (C=O) groups is 1. The topological polar surface area (TPSA) is 46.5 Å². The van der Waals surface area contributed by atoms with Crippen LogP contribution in [-0.2, 0) is 9.53 Å². The van der Waals surface area contributed by atoms with E-state index >= 15 is 0 Å². The smallest absolute Gasteiger partial charge is 0.331 e. The number of esters is 1. The summed E-state index contributed by atoms with van der Waals surface area (Å²) < 4.78 is 5.97. The molecular formula is C24H32O3. The average molecular weight is 369 g/mol. The number of fused-ring (bicyclic) bond motifs is 1. The maximum absolute atomic E-state index is 12.6. The van der Waals surface area contributed by atoms with Crippen molar-refractivity contribution in [3.05, 3.63) is 53.6 Å². The Labute approximate surface area is 163 Å². The number of hydrogen-bond acceptors (Lipinski definition) is 3. The number of benzene rings is 1. The lowest BCUT2D eigenvalue weighted by atomic mass is 9.54. The van der Waals surface area contributed by atoms with Gasteiger partial charge in [-0.3, -0.25) is 0 Å². The van der Waals surface area contributed by atoms with Crippen LogP contribution in [0.5, 0.6) is 0 Å². The molecule has 1 aromatic rings. The maximum atomic E-state index is 12.6. The first-order valence-corrected chi connectivity index (χ1v) is 10.1. The van der Waals surface area contributed by atoms with E-state index < -0.39 is 11.5 Å². The molecule has 3 rings (SSSR count). The van der Waals surface area contributed by atoms with Gasteiger partial charge in [0.2, 0.25) is 0 Å². The molecule has 0 bridgehead atoms. The number of allylic oxidation sites excluding steroid dienone is 1. The van der Waals surface area contributed by atoms with Gasteiger partial charge in [0.05, 0.1) is 6.10 Å². The van der Waals surface area contributed by atoms with Gasteiger partial charge in [-0.1, -0.05) is 62.8 Å². The average Bonchev–Trinajstić information content (AvgIpc) is 2.65. The lowest BCUT2D eigenvalue weighted by Crippen LogP contribution is -2.56. The highest BCUT2D eigenvalue weighted by Gasteiger charge is 2.54. The molecule has 0 spiro atoms. The monoisotopic (exact) mass is 368 g/mol. The van der Waals surface area contributed by atoms with Crippen LogP contribution < -0.4 is 0 Å². The van der Waals surface area contributed by atoms with Crippen molar-refractivity contribution in [2.24, 2.45) is 23.2 Å². The van der Waals surface area contributed by atoms with Crippen molar-refractivity contribution >= 4 is 12.0 Å². The van der Waals surface area contributed by atoms with E-state index in [-0.39, 0.29) is 18.0 Å². The van der Waals surface area contributed by atoms with Gasteiger partial charge in [-0.2, -0.15) is 0 Å². The molecule has 1 aromatic carbocycles. The fourth-order valence-electron chi connectivity index (χ4n) is 4.85. The number of ether oxygens (including phenoxy) is 1. The normalized spacial score (nSPS) is 33.6. The van der Waals surface area contributed by atoms with E-state index in [1.54, 1.807) is 6.08 Å². The van der Waals surface area contributed by atoms with Crippen molar-refractivity contribution in [2.45, 2.75) is 59.2 Å². The molecule has 0 aliphatic heterocycles. The number of rotatable bonds is 4. The van der Waals surface area contributed by atoms with Crippen molar-refractivity contribution in [1.82, 2.24) is 0 Å². The van der Waals surface area contributed by atoms with E-state index in [0.29, 0.717) is 18.3 Å². The molecule has 1 fully saturated rings. The van der Waals surface area contributed by atoms with Gasteiger partial charge in [-0.15, -0.1) is 0 Å². The Morgan fingerprint density at radius 2 is 1.96 bits per heavy atom. The summed E-state index contributed by atoms with van der Waals surface area (Å²) in [6, 6.07) is 9.74. The van der Waals surface area contributed by atoms with Crippen LogP contribution >= 0.6 is 0 Å². The summed E-state index contributed by atoms with van der Waals surface area (Å²) in [6.07, 6.45) is 7.22. The second kappa shape index (κ2) is 8.02. The first kappa shape index (κ1) is 19.9. The standard InChI is InChI=1S/C24H32O3/c1-16(2)19-14-20-17(3)10-12-21(25)24(20,4)22(15-19)27-23(26)13-11-18-8-6-5-7-9-18/h5-11,13,16,19-22,25H,12,14-15H2,1-4H3/t19-,20-,21+,22-,24+/m0/s1. The Morgan fingerprint density at radius 1 is 1.26 bits per heavy atom. The molecule has 0 aromatic heterocycles. The van der Waals surface area contributed by atoms with Crippen molar-refractivity contribution in [1.29, 1.82) is 0 Å². The third kappa shape index (κ3) is 4.03. The lowest BCUT2D eigenvalue weighted by Gasteiger charge is -2.54. The predicted molar refractivity (Wildman–Crippen MR) is 109 cm³/mol. The minimum absolute atomic E-state index is 0.262. The van der Waals surface area contributed by atoms with Crippen LogP contribution in [-0.4, -0.2) is 23.3 Å². The Morgan fingerprint density at radius 3 is 2.63 bits per heavy atom. The summed E-state index contributed by atoms with van der Waals surface area (Å²) >= 11 is 0. The number of aliphatic hydroxyl groups is 1. The van der Waals surface area contributed by atoms with Gasteiger partial charge >= 0.3 is 5.97 Å². The van der Waals surface area contributed by atoms with E-state index in [1.807, 2.05) is 30.3 Å². The van der Waals surface area contributed by atoms with Crippen LogP contribution in [0.2, 0.25) is 0 Å². The predicted octanol–water partition coefficient (Wildman–Crippen LogP) is 5.01. The van der Waals surface area contributed by atoms with E-state index in [4.69, 9.17) is 4.74 Å². The molecule has 0 radical (unpaired) electrons. The van der Waals surface area contributed by atoms with Crippen LogP contribution in [0.25, 0.3) is 6.08 Å². The minimum atomic E-state index is -0.477. The van der Waals surface area contributed by atoms with Crippen molar-refractivity contribution in [2.75, 3.05) is 0 Å². The molecule has 2 aliphatic rings. The number of carbonyl (C=O) groups excluding carboxylic acids is 1. The van der Waals surface area contributed by atoms with Gasteiger partial charge in [0.15, 0.2) is 0 Å². The van der Waals surface area contributed by atoms with Crippen LogP contribution in [0.3, 0.4) is 0 Å². The summed E-state index contributed by atoms with van der Waals surface area (Å²) in [4.78, 5) is 12.6. The van der Waals surface area contributed by atoms with Crippen molar-refractivity contribution in [3.63, 3.8) is 0 Å². The molecule has 0 unspecified atom stereocenters. The summed E-state index contributed by atoms with van der Waals surface area (Å²) in [6.45, 7) is 8.74. The summed E-state index contributed by atoms with van der Waals surface area (Å²) in [5.41, 5.74) is 1.88. The molecule has 3 heteroatoms. The third-order valence-electron chi connectivity index (χ3n) is 6.84. The molecule has 5 atom stereocenters. The molecule has 0 heterocycles. The first-order valence-electron chi connectivity index (χ1n) is 10.1. The Balaban J connectivity index is 1.81. The Hall–Kier alpha value is -1.87. The third-order valence-corrected chi connectivity index (χ3v) is 6.84. The van der Waals surface area contributed by atoms with Gasteiger partial charge in [0.1, 0.15) is 6.10 Å². The van der Waals surface area contributed by atoms with Gasteiger partial charge in [0.25, 0.3) is 0 Å². The summed E-state index contributed by atoms with van der Waals surface area (Å²) in [5.74, 6) is 0.959. The zero-order valence-electron chi connectivity index (χ0n) is 16.9. The summed E-state index contributed by atoms with van der Waals surface area (Å²) in [7, 11) is 0. The molecule has 146 valence electrons. The van der Waals surface area contributed by atoms with E-state index in [1.165, 1.54) is 11.6 Å². The fourth-order valence-corrected chi connectivity index (χ4v) is 4.85. The van der Waals surface area contributed by atoms with Crippen LogP contribution in [0.1, 0.15) is 52.5 Å². The Bertz CT molecular complexity index is 718. The van der Waals surface area contributed by atoms with Crippen LogP contribution in [0.15, 0.2) is 48.1 Å². The van der Waals surface area contributed by atoms with E-state index in [0.717, 1.165) is 18.4 Å². The minimum Gasteiger partial charge on any atom is -0.458 e. The molecule has 1 N–H and O–H groups in total. The Kier molecular flexibility index (Phi) is 5.90. The SMILES string of the molecule is CC1=CC[C@@H](O)[C@]2(C)[C@@H](OC(=O)C=Cc3ccccc3)C[C@@H](C(C)C)C[C@@H]12. The number of aliphatic hydroxyl groups excluding tert-OH is 1. The molecule has 3 nitrogen and oxygen atoms in total. The van der Waals surface area contributed by atoms with Gasteiger partial charge in [-0.05, 0) is 55.6 Å². The van der Waals surface area contributed by atoms with Crippen LogP contribution in [0.4, 0.5) is 0 Å². The highest BCUT2D eigenvalue weighted by atomic mass is 16.5. The zero-order valence-corrected chi connectivity index (χ0v) is 16.9.